The minimum atomic E-state index is -0.392. The van der Waals surface area contributed by atoms with E-state index in [-0.39, 0.29) is 6.29 Å². The van der Waals surface area contributed by atoms with Crippen molar-refractivity contribution in [3.63, 3.8) is 0 Å². The summed E-state index contributed by atoms with van der Waals surface area (Å²) in [6.45, 7) is 1.93. The van der Waals surface area contributed by atoms with Gasteiger partial charge in [0.25, 0.3) is 0 Å². The first kappa shape index (κ1) is 13.3. The Morgan fingerprint density at radius 2 is 1.62 bits per heavy atom. The molecule has 0 aromatic heterocycles. The summed E-state index contributed by atoms with van der Waals surface area (Å²) in [5, 5.41) is 0.727. The molecule has 2 heterocycles. The van der Waals surface area contributed by atoms with Gasteiger partial charge in [-0.25, -0.2) is 0 Å². The second-order valence-corrected chi connectivity index (χ2v) is 5.72. The molecular formula is C17H15ClO3. The fourth-order valence-electron chi connectivity index (χ4n) is 2.88. The second-order valence-electron chi connectivity index (χ2n) is 5.28. The molecule has 0 saturated carbocycles. The Hall–Kier alpha value is -1.39. The van der Waals surface area contributed by atoms with Crippen LogP contribution in [0.1, 0.15) is 23.0 Å². The van der Waals surface area contributed by atoms with Crippen LogP contribution in [-0.4, -0.2) is 19.8 Å². The van der Waals surface area contributed by atoms with Gasteiger partial charge in [0.05, 0.1) is 19.8 Å². The lowest BCUT2D eigenvalue weighted by Gasteiger charge is -2.20. The highest BCUT2D eigenvalue weighted by molar-refractivity contribution is 6.30. The Kier molecular flexibility index (Phi) is 3.23. The van der Waals surface area contributed by atoms with Crippen LogP contribution >= 0.6 is 11.6 Å². The standard InChI is InChI=1S/C17H15ClO3/c18-13-7-5-12(6-8-13)17(11-21-17)15-4-2-1-3-14(15)16-19-9-10-20-16/h1-8,16H,9-11H2. The molecule has 4 heteroatoms. The summed E-state index contributed by atoms with van der Waals surface area (Å²) < 4.78 is 17.2. The van der Waals surface area contributed by atoms with E-state index in [4.69, 9.17) is 25.8 Å². The van der Waals surface area contributed by atoms with E-state index >= 15 is 0 Å². The van der Waals surface area contributed by atoms with E-state index in [1.54, 1.807) is 0 Å². The van der Waals surface area contributed by atoms with Gasteiger partial charge in [0.2, 0.25) is 0 Å². The molecule has 0 aliphatic carbocycles. The number of epoxide rings is 1. The molecule has 1 atom stereocenters. The van der Waals surface area contributed by atoms with Gasteiger partial charge >= 0.3 is 0 Å². The molecule has 0 radical (unpaired) electrons. The van der Waals surface area contributed by atoms with Crippen LogP contribution in [0.25, 0.3) is 0 Å². The Bertz CT molecular complexity index is 643. The van der Waals surface area contributed by atoms with Crippen molar-refractivity contribution in [1.29, 1.82) is 0 Å². The highest BCUT2D eigenvalue weighted by Crippen LogP contribution is 2.48. The van der Waals surface area contributed by atoms with Crippen molar-refractivity contribution in [3.05, 3.63) is 70.2 Å². The zero-order valence-electron chi connectivity index (χ0n) is 11.4. The van der Waals surface area contributed by atoms with Gasteiger partial charge < -0.3 is 14.2 Å². The van der Waals surface area contributed by atoms with Crippen molar-refractivity contribution in [2.45, 2.75) is 11.9 Å². The molecule has 21 heavy (non-hydrogen) atoms. The predicted molar refractivity (Wildman–Crippen MR) is 79.3 cm³/mol. The van der Waals surface area contributed by atoms with Crippen molar-refractivity contribution in [2.24, 2.45) is 0 Å². The normalized spacial score (nSPS) is 25.2. The summed E-state index contributed by atoms with van der Waals surface area (Å²) in [6.07, 6.45) is -0.297. The molecule has 1 unspecified atom stereocenters. The van der Waals surface area contributed by atoms with Crippen LogP contribution < -0.4 is 0 Å². The van der Waals surface area contributed by atoms with Crippen molar-refractivity contribution >= 4 is 11.6 Å². The molecule has 2 fully saturated rings. The summed E-state index contributed by atoms with van der Waals surface area (Å²) in [4.78, 5) is 0. The SMILES string of the molecule is Clc1ccc(C2(c3ccccc3C3OCCO3)CO2)cc1. The van der Waals surface area contributed by atoms with Gasteiger partial charge in [-0.2, -0.15) is 0 Å². The van der Waals surface area contributed by atoms with E-state index in [1.165, 1.54) is 0 Å². The third-order valence-corrected chi connectivity index (χ3v) is 4.27. The maximum Gasteiger partial charge on any atom is 0.184 e. The van der Waals surface area contributed by atoms with E-state index in [9.17, 15) is 0 Å². The molecule has 2 aromatic rings. The lowest BCUT2D eigenvalue weighted by Crippen LogP contribution is -2.15. The first-order valence-electron chi connectivity index (χ1n) is 7.02. The van der Waals surface area contributed by atoms with Gasteiger partial charge in [0.1, 0.15) is 5.60 Å². The van der Waals surface area contributed by atoms with E-state index in [0.29, 0.717) is 19.8 Å². The molecule has 0 N–H and O–H groups in total. The van der Waals surface area contributed by atoms with Crippen LogP contribution in [0, 0.1) is 0 Å². The Balaban J connectivity index is 1.77. The number of hydrogen-bond donors (Lipinski definition) is 0. The van der Waals surface area contributed by atoms with Gasteiger partial charge in [-0.1, -0.05) is 48.0 Å². The van der Waals surface area contributed by atoms with Crippen molar-refractivity contribution < 1.29 is 14.2 Å². The highest BCUT2D eigenvalue weighted by atomic mass is 35.5. The third-order valence-electron chi connectivity index (χ3n) is 4.02. The first-order valence-corrected chi connectivity index (χ1v) is 7.40. The molecule has 2 aliphatic heterocycles. The number of benzene rings is 2. The summed E-state index contributed by atoms with van der Waals surface area (Å²) in [7, 11) is 0. The van der Waals surface area contributed by atoms with E-state index in [1.807, 2.05) is 42.5 Å². The van der Waals surface area contributed by atoms with Gasteiger partial charge in [0.15, 0.2) is 6.29 Å². The maximum atomic E-state index is 5.98. The number of halogens is 1. The van der Waals surface area contributed by atoms with Crippen LogP contribution in [0.5, 0.6) is 0 Å². The quantitative estimate of drug-likeness (QED) is 0.811. The zero-order chi connectivity index (χ0) is 14.3. The summed E-state index contributed by atoms with van der Waals surface area (Å²) >= 11 is 5.98. The molecule has 4 rings (SSSR count). The smallest absolute Gasteiger partial charge is 0.184 e. The summed E-state index contributed by atoms with van der Waals surface area (Å²) in [6, 6.07) is 16.0. The van der Waals surface area contributed by atoms with Crippen LogP contribution in [0.3, 0.4) is 0 Å². The molecule has 0 bridgehead atoms. The molecular weight excluding hydrogens is 288 g/mol. The average Bonchev–Trinajstić information content (AvgIpc) is 3.14. The van der Waals surface area contributed by atoms with Gasteiger partial charge in [-0.05, 0) is 23.3 Å². The van der Waals surface area contributed by atoms with Gasteiger partial charge in [-0.3, -0.25) is 0 Å². The topological polar surface area (TPSA) is 31.0 Å². The van der Waals surface area contributed by atoms with Crippen LogP contribution in [0.4, 0.5) is 0 Å². The number of ether oxygens (including phenoxy) is 3. The summed E-state index contributed by atoms with van der Waals surface area (Å²) in [5.74, 6) is 0. The fraction of sp³-hybridized carbons (Fsp3) is 0.294. The maximum absolute atomic E-state index is 5.98. The predicted octanol–water partition coefficient (Wildman–Crippen LogP) is 3.66. The lowest BCUT2D eigenvalue weighted by atomic mass is 9.88. The van der Waals surface area contributed by atoms with Crippen molar-refractivity contribution in [1.82, 2.24) is 0 Å². The monoisotopic (exact) mass is 302 g/mol. The number of hydrogen-bond acceptors (Lipinski definition) is 3. The average molecular weight is 303 g/mol. The molecule has 3 nitrogen and oxygen atoms in total. The Morgan fingerprint density at radius 3 is 2.29 bits per heavy atom. The highest BCUT2D eigenvalue weighted by Gasteiger charge is 2.50. The zero-order valence-corrected chi connectivity index (χ0v) is 12.2. The van der Waals surface area contributed by atoms with Crippen molar-refractivity contribution in [3.8, 4) is 0 Å². The molecule has 0 spiro atoms. The molecule has 108 valence electrons. The Morgan fingerprint density at radius 1 is 0.952 bits per heavy atom. The minimum Gasteiger partial charge on any atom is -0.359 e. The van der Waals surface area contributed by atoms with E-state index < -0.39 is 5.60 Å². The lowest BCUT2D eigenvalue weighted by molar-refractivity contribution is -0.0452. The van der Waals surface area contributed by atoms with Crippen LogP contribution in [0.15, 0.2) is 48.5 Å². The number of rotatable bonds is 3. The van der Waals surface area contributed by atoms with Gasteiger partial charge in [-0.15, -0.1) is 0 Å². The van der Waals surface area contributed by atoms with E-state index in [0.717, 1.165) is 21.7 Å². The van der Waals surface area contributed by atoms with Gasteiger partial charge in [0, 0.05) is 10.6 Å². The Labute approximate surface area is 128 Å². The van der Waals surface area contributed by atoms with E-state index in [2.05, 4.69) is 6.07 Å². The molecule has 2 aliphatic rings. The van der Waals surface area contributed by atoms with Crippen molar-refractivity contribution in [2.75, 3.05) is 19.8 Å². The fourth-order valence-corrected chi connectivity index (χ4v) is 3.00. The van der Waals surface area contributed by atoms with Crippen LogP contribution in [0.2, 0.25) is 5.02 Å². The summed E-state index contributed by atoms with van der Waals surface area (Å²) in [5.41, 5.74) is 2.87. The second kappa shape index (κ2) is 5.11. The molecule has 0 amide bonds. The van der Waals surface area contributed by atoms with Crippen LogP contribution in [-0.2, 0) is 19.8 Å². The first-order chi connectivity index (χ1) is 10.3. The molecule has 2 saturated heterocycles. The third kappa shape index (κ3) is 2.27. The minimum absolute atomic E-state index is 0.297. The molecule has 2 aromatic carbocycles. The largest absolute Gasteiger partial charge is 0.359 e.